The third-order valence-corrected chi connectivity index (χ3v) is 5.28. The molecule has 2 heterocycles. The van der Waals surface area contributed by atoms with Gasteiger partial charge < -0.3 is 25.4 Å². The standard InChI is InChI=1S/C18H35N5O3.HI/c1-4-20-17(21-14-18(25-3)7-11-26-12-8-18)22-15-5-9-23(10-6-15)13-16(24)19-2;/h15H,4-14H2,1-3H3,(H,19,24)(H2,20,21,22);1H. The Balaban J connectivity index is 0.00000364. The van der Waals surface area contributed by atoms with Crippen molar-refractivity contribution in [2.75, 3.05) is 60.1 Å². The molecule has 2 aliphatic heterocycles. The highest BCUT2D eigenvalue weighted by molar-refractivity contribution is 14.0. The molecule has 2 rings (SSSR count). The summed E-state index contributed by atoms with van der Waals surface area (Å²) in [6, 6.07) is 0.377. The maximum absolute atomic E-state index is 11.5. The van der Waals surface area contributed by atoms with Crippen LogP contribution in [0.5, 0.6) is 0 Å². The number of rotatable bonds is 7. The van der Waals surface area contributed by atoms with Crippen LogP contribution in [0.25, 0.3) is 0 Å². The minimum Gasteiger partial charge on any atom is -0.381 e. The molecule has 0 radical (unpaired) electrons. The van der Waals surface area contributed by atoms with E-state index in [1.165, 1.54) is 0 Å². The number of guanidine groups is 1. The highest BCUT2D eigenvalue weighted by atomic mass is 127. The van der Waals surface area contributed by atoms with E-state index < -0.39 is 0 Å². The fourth-order valence-electron chi connectivity index (χ4n) is 3.42. The van der Waals surface area contributed by atoms with Gasteiger partial charge in [0.1, 0.15) is 0 Å². The molecule has 3 N–H and O–H groups in total. The quantitative estimate of drug-likeness (QED) is 0.271. The minimum atomic E-state index is -0.211. The Morgan fingerprint density at radius 1 is 1.30 bits per heavy atom. The van der Waals surface area contributed by atoms with Crippen LogP contribution >= 0.6 is 24.0 Å². The van der Waals surface area contributed by atoms with Gasteiger partial charge in [-0.1, -0.05) is 0 Å². The van der Waals surface area contributed by atoms with E-state index in [-0.39, 0.29) is 35.5 Å². The summed E-state index contributed by atoms with van der Waals surface area (Å²) in [6.45, 7) is 7.32. The molecule has 158 valence electrons. The van der Waals surface area contributed by atoms with Crippen molar-refractivity contribution in [1.29, 1.82) is 0 Å². The van der Waals surface area contributed by atoms with Crippen molar-refractivity contribution >= 4 is 35.8 Å². The second-order valence-electron chi connectivity index (χ2n) is 7.06. The molecular formula is C18H36IN5O3. The number of likely N-dealkylation sites (tertiary alicyclic amines) is 1. The lowest BCUT2D eigenvalue weighted by Crippen LogP contribution is -2.50. The van der Waals surface area contributed by atoms with Crippen LogP contribution in [-0.2, 0) is 14.3 Å². The second kappa shape index (κ2) is 12.7. The molecule has 0 spiro atoms. The molecule has 8 nitrogen and oxygen atoms in total. The van der Waals surface area contributed by atoms with Crippen molar-refractivity contribution < 1.29 is 14.3 Å². The molecular weight excluding hydrogens is 461 g/mol. The molecule has 1 amide bonds. The van der Waals surface area contributed by atoms with Crippen LogP contribution in [0.15, 0.2) is 4.99 Å². The maximum atomic E-state index is 11.5. The number of carbonyl (C=O) groups excluding carboxylic acids is 1. The highest BCUT2D eigenvalue weighted by Gasteiger charge is 2.32. The van der Waals surface area contributed by atoms with Crippen molar-refractivity contribution in [1.82, 2.24) is 20.9 Å². The van der Waals surface area contributed by atoms with Gasteiger partial charge in [0.25, 0.3) is 0 Å². The van der Waals surface area contributed by atoms with Crippen LogP contribution in [0.4, 0.5) is 0 Å². The van der Waals surface area contributed by atoms with Crippen molar-refractivity contribution in [2.24, 2.45) is 4.99 Å². The van der Waals surface area contributed by atoms with E-state index in [0.29, 0.717) is 19.1 Å². The number of nitrogens with zero attached hydrogens (tertiary/aromatic N) is 2. The molecule has 0 aromatic heterocycles. The van der Waals surface area contributed by atoms with Gasteiger partial charge >= 0.3 is 0 Å². The number of likely N-dealkylation sites (N-methyl/N-ethyl adjacent to an activating group) is 1. The molecule has 0 aliphatic carbocycles. The maximum Gasteiger partial charge on any atom is 0.233 e. The Bertz CT molecular complexity index is 464. The summed E-state index contributed by atoms with van der Waals surface area (Å²) in [7, 11) is 3.45. The van der Waals surface area contributed by atoms with Crippen LogP contribution in [-0.4, -0.2) is 88.5 Å². The molecule has 27 heavy (non-hydrogen) atoms. The summed E-state index contributed by atoms with van der Waals surface area (Å²) < 4.78 is 11.2. The summed E-state index contributed by atoms with van der Waals surface area (Å²) in [5, 5.41) is 9.57. The predicted octanol–water partition coefficient (Wildman–Crippen LogP) is 0.566. The normalized spacial score (nSPS) is 21.2. The molecule has 0 saturated carbocycles. The van der Waals surface area contributed by atoms with Crippen LogP contribution in [0, 0.1) is 0 Å². The average molecular weight is 497 g/mol. The number of halogens is 1. The first-order valence-corrected chi connectivity index (χ1v) is 9.71. The molecule has 0 aromatic carbocycles. The molecule has 2 saturated heterocycles. The molecule has 0 unspecified atom stereocenters. The number of amides is 1. The number of methoxy groups -OCH3 is 1. The van der Waals surface area contributed by atoms with Crippen molar-refractivity contribution in [3.63, 3.8) is 0 Å². The van der Waals surface area contributed by atoms with Crippen molar-refractivity contribution in [3.8, 4) is 0 Å². The first kappa shape index (κ1) is 24.4. The Morgan fingerprint density at radius 3 is 2.52 bits per heavy atom. The van der Waals surface area contributed by atoms with Gasteiger partial charge in [0, 0.05) is 65.9 Å². The summed E-state index contributed by atoms with van der Waals surface area (Å²) in [5.74, 6) is 0.924. The lowest BCUT2D eigenvalue weighted by molar-refractivity contribution is -0.122. The van der Waals surface area contributed by atoms with Gasteiger partial charge in [-0.25, -0.2) is 0 Å². The van der Waals surface area contributed by atoms with Crippen LogP contribution in [0.3, 0.4) is 0 Å². The zero-order valence-electron chi connectivity index (χ0n) is 16.9. The molecule has 0 aromatic rings. The fourth-order valence-corrected chi connectivity index (χ4v) is 3.42. The van der Waals surface area contributed by atoms with Crippen LogP contribution < -0.4 is 16.0 Å². The Labute approximate surface area is 180 Å². The zero-order chi connectivity index (χ0) is 18.8. The van der Waals surface area contributed by atoms with Gasteiger partial charge in [-0.15, -0.1) is 24.0 Å². The minimum absolute atomic E-state index is 0. The van der Waals surface area contributed by atoms with Crippen molar-refractivity contribution in [2.45, 2.75) is 44.2 Å². The van der Waals surface area contributed by atoms with Gasteiger partial charge in [0.05, 0.1) is 18.7 Å². The molecule has 0 atom stereocenters. The fraction of sp³-hybridized carbons (Fsp3) is 0.889. The third-order valence-electron chi connectivity index (χ3n) is 5.28. The predicted molar refractivity (Wildman–Crippen MR) is 118 cm³/mol. The van der Waals surface area contributed by atoms with Gasteiger partial charge in [0.15, 0.2) is 5.96 Å². The van der Waals surface area contributed by atoms with E-state index in [9.17, 15) is 4.79 Å². The SMILES string of the molecule is CCNC(=NCC1(OC)CCOCC1)NC1CCN(CC(=O)NC)CC1.I. The summed E-state index contributed by atoms with van der Waals surface area (Å²) in [6.07, 6.45) is 3.77. The lowest BCUT2D eigenvalue weighted by atomic mass is 9.94. The largest absolute Gasteiger partial charge is 0.381 e. The third kappa shape index (κ3) is 8.08. The Hall–Kier alpha value is -0.650. The molecule has 0 bridgehead atoms. The number of carbonyl (C=O) groups is 1. The van der Waals surface area contributed by atoms with E-state index in [2.05, 4.69) is 27.8 Å². The van der Waals surface area contributed by atoms with Gasteiger partial charge in [-0.05, 0) is 19.8 Å². The van der Waals surface area contributed by atoms with E-state index in [0.717, 1.165) is 64.5 Å². The highest BCUT2D eigenvalue weighted by Crippen LogP contribution is 2.24. The second-order valence-corrected chi connectivity index (χ2v) is 7.06. The number of hydrogen-bond donors (Lipinski definition) is 3. The smallest absolute Gasteiger partial charge is 0.233 e. The number of aliphatic imine (C=N–C) groups is 1. The lowest BCUT2D eigenvalue weighted by Gasteiger charge is -2.35. The number of nitrogens with one attached hydrogen (secondary N) is 3. The summed E-state index contributed by atoms with van der Waals surface area (Å²) >= 11 is 0. The van der Waals surface area contributed by atoms with E-state index >= 15 is 0 Å². The average Bonchev–Trinajstić information content (AvgIpc) is 2.68. The molecule has 2 aliphatic rings. The number of piperidine rings is 1. The topological polar surface area (TPSA) is 87.2 Å². The van der Waals surface area contributed by atoms with Gasteiger partial charge in [-0.3, -0.25) is 14.7 Å². The van der Waals surface area contributed by atoms with Crippen LogP contribution in [0.2, 0.25) is 0 Å². The first-order chi connectivity index (χ1) is 12.6. The number of hydrogen-bond acceptors (Lipinski definition) is 5. The van der Waals surface area contributed by atoms with E-state index in [1.807, 2.05) is 0 Å². The first-order valence-electron chi connectivity index (χ1n) is 9.71. The molecule has 2 fully saturated rings. The molecule has 9 heteroatoms. The Morgan fingerprint density at radius 2 is 1.96 bits per heavy atom. The van der Waals surface area contributed by atoms with Gasteiger partial charge in [0.2, 0.25) is 5.91 Å². The van der Waals surface area contributed by atoms with Gasteiger partial charge in [-0.2, -0.15) is 0 Å². The zero-order valence-corrected chi connectivity index (χ0v) is 19.2. The number of ether oxygens (including phenoxy) is 2. The monoisotopic (exact) mass is 497 g/mol. The van der Waals surface area contributed by atoms with E-state index in [4.69, 9.17) is 14.5 Å². The van der Waals surface area contributed by atoms with Crippen molar-refractivity contribution in [3.05, 3.63) is 0 Å². The summed E-state index contributed by atoms with van der Waals surface area (Å²) in [5.41, 5.74) is -0.211. The van der Waals surface area contributed by atoms with Crippen LogP contribution in [0.1, 0.15) is 32.6 Å². The van der Waals surface area contributed by atoms with E-state index in [1.54, 1.807) is 14.2 Å². The summed E-state index contributed by atoms with van der Waals surface area (Å²) in [4.78, 5) is 18.5. The Kier molecular flexibility index (Phi) is 11.5.